The largest absolute Gasteiger partial charge is 0.497 e. The van der Waals surface area contributed by atoms with E-state index in [-0.39, 0.29) is 11.9 Å². The summed E-state index contributed by atoms with van der Waals surface area (Å²) < 4.78 is 5.36. The monoisotopic (exact) mass is 379 g/mol. The highest BCUT2D eigenvalue weighted by Gasteiger charge is 2.34. The van der Waals surface area contributed by atoms with E-state index in [1.807, 2.05) is 35.2 Å². The second-order valence-electron chi connectivity index (χ2n) is 7.57. The molecular weight excluding hydrogens is 350 g/mol. The molecule has 2 aromatic rings. The number of anilines is 1. The number of methoxy groups -OCH3 is 1. The highest BCUT2D eigenvalue weighted by atomic mass is 16.5. The van der Waals surface area contributed by atoms with Crippen LogP contribution in [0.15, 0.2) is 54.6 Å². The molecule has 28 heavy (non-hydrogen) atoms. The predicted molar refractivity (Wildman–Crippen MR) is 112 cm³/mol. The summed E-state index contributed by atoms with van der Waals surface area (Å²) in [5, 5.41) is 0. The average molecular weight is 380 g/mol. The molecule has 1 atom stereocenters. The third kappa shape index (κ3) is 3.99. The number of carbonyl (C=O) groups is 1. The van der Waals surface area contributed by atoms with Crippen LogP contribution in [0.2, 0.25) is 0 Å². The molecule has 2 saturated heterocycles. The minimum absolute atomic E-state index is 0.174. The molecule has 0 N–H and O–H groups in total. The average Bonchev–Trinajstić information content (AvgIpc) is 3.30. The lowest BCUT2D eigenvalue weighted by molar-refractivity contribution is -0.136. The molecule has 2 fully saturated rings. The third-order valence-corrected chi connectivity index (χ3v) is 5.86. The van der Waals surface area contributed by atoms with Gasteiger partial charge in [-0.3, -0.25) is 9.69 Å². The van der Waals surface area contributed by atoms with Crippen LogP contribution in [0.1, 0.15) is 24.4 Å². The van der Waals surface area contributed by atoms with Crippen LogP contribution in [-0.4, -0.2) is 62.1 Å². The number of piperazine rings is 1. The number of carbonyl (C=O) groups excluding carboxylic acids is 1. The molecule has 2 aromatic carbocycles. The normalized spacial score (nSPS) is 18.9. The summed E-state index contributed by atoms with van der Waals surface area (Å²) in [5.41, 5.74) is 2.29. The quantitative estimate of drug-likeness (QED) is 0.799. The molecule has 4 rings (SSSR count). The van der Waals surface area contributed by atoms with E-state index in [9.17, 15) is 4.79 Å². The highest BCUT2D eigenvalue weighted by molar-refractivity contribution is 5.83. The summed E-state index contributed by atoms with van der Waals surface area (Å²) in [7, 11) is 1.70. The summed E-state index contributed by atoms with van der Waals surface area (Å²) in [6, 6.07) is 18.3. The maximum atomic E-state index is 13.3. The van der Waals surface area contributed by atoms with Gasteiger partial charge in [0, 0.05) is 51.0 Å². The Morgan fingerprint density at radius 3 is 2.29 bits per heavy atom. The van der Waals surface area contributed by atoms with Gasteiger partial charge in [-0.25, -0.2) is 0 Å². The standard InChI is InChI=1S/C23H29N3O2/c1-28-21-11-7-10-20(18-21)24-14-16-25(17-15-24)22(19-8-3-2-4-9-19)23(27)26-12-5-6-13-26/h2-4,7-11,18,22H,5-6,12-17H2,1H3. The van der Waals surface area contributed by atoms with E-state index in [0.29, 0.717) is 0 Å². The van der Waals surface area contributed by atoms with Crippen LogP contribution in [0.4, 0.5) is 5.69 Å². The molecule has 0 saturated carbocycles. The Kier molecular flexibility index (Phi) is 5.81. The van der Waals surface area contributed by atoms with Crippen molar-refractivity contribution in [1.29, 1.82) is 0 Å². The third-order valence-electron chi connectivity index (χ3n) is 5.86. The van der Waals surface area contributed by atoms with Crippen LogP contribution in [0.25, 0.3) is 0 Å². The van der Waals surface area contributed by atoms with E-state index < -0.39 is 0 Å². The number of benzene rings is 2. The van der Waals surface area contributed by atoms with E-state index >= 15 is 0 Å². The Bertz CT molecular complexity index is 781. The topological polar surface area (TPSA) is 36.0 Å². The molecule has 1 unspecified atom stereocenters. The minimum atomic E-state index is -0.174. The summed E-state index contributed by atoms with van der Waals surface area (Å²) in [6.45, 7) is 5.35. The van der Waals surface area contributed by atoms with Crippen LogP contribution in [0.3, 0.4) is 0 Å². The second-order valence-corrected chi connectivity index (χ2v) is 7.57. The number of ether oxygens (including phenoxy) is 1. The van der Waals surface area contributed by atoms with Gasteiger partial charge in [-0.1, -0.05) is 36.4 Å². The maximum absolute atomic E-state index is 13.3. The number of nitrogens with zero attached hydrogens (tertiary/aromatic N) is 3. The fourth-order valence-electron chi connectivity index (χ4n) is 4.30. The minimum Gasteiger partial charge on any atom is -0.497 e. The fourth-order valence-corrected chi connectivity index (χ4v) is 4.30. The van der Waals surface area contributed by atoms with E-state index in [4.69, 9.17) is 4.74 Å². The lowest BCUT2D eigenvalue weighted by Crippen LogP contribution is -2.51. The van der Waals surface area contributed by atoms with Crippen LogP contribution in [0, 0.1) is 0 Å². The Balaban J connectivity index is 1.49. The molecule has 0 spiro atoms. The molecular formula is C23H29N3O2. The lowest BCUT2D eigenvalue weighted by atomic mass is 10.0. The Morgan fingerprint density at radius 1 is 0.893 bits per heavy atom. The number of amides is 1. The second kappa shape index (κ2) is 8.65. The maximum Gasteiger partial charge on any atom is 0.244 e. The Labute approximate surface area is 167 Å². The number of likely N-dealkylation sites (tertiary alicyclic amines) is 1. The van der Waals surface area contributed by atoms with Crippen molar-refractivity contribution >= 4 is 11.6 Å². The van der Waals surface area contributed by atoms with Crippen molar-refractivity contribution in [2.24, 2.45) is 0 Å². The first kappa shape index (κ1) is 18.8. The highest BCUT2D eigenvalue weighted by Crippen LogP contribution is 2.28. The van der Waals surface area contributed by atoms with E-state index in [1.54, 1.807) is 7.11 Å². The van der Waals surface area contributed by atoms with Gasteiger partial charge >= 0.3 is 0 Å². The summed E-state index contributed by atoms with van der Waals surface area (Å²) in [4.78, 5) is 20.1. The van der Waals surface area contributed by atoms with Crippen LogP contribution < -0.4 is 9.64 Å². The molecule has 1 amide bonds. The van der Waals surface area contributed by atoms with Gasteiger partial charge in [-0.15, -0.1) is 0 Å². The molecule has 0 aliphatic carbocycles. The fraction of sp³-hybridized carbons (Fsp3) is 0.435. The van der Waals surface area contributed by atoms with Crippen molar-refractivity contribution in [3.05, 3.63) is 60.2 Å². The Morgan fingerprint density at radius 2 is 1.61 bits per heavy atom. The first-order chi connectivity index (χ1) is 13.8. The van der Waals surface area contributed by atoms with Crippen LogP contribution in [0.5, 0.6) is 5.75 Å². The van der Waals surface area contributed by atoms with Crippen molar-refractivity contribution in [2.75, 3.05) is 51.3 Å². The van der Waals surface area contributed by atoms with Gasteiger partial charge in [0.1, 0.15) is 11.8 Å². The molecule has 0 aromatic heterocycles. The molecule has 5 nitrogen and oxygen atoms in total. The molecule has 2 heterocycles. The summed E-state index contributed by atoms with van der Waals surface area (Å²) >= 11 is 0. The molecule has 5 heteroatoms. The van der Waals surface area contributed by atoms with E-state index in [0.717, 1.165) is 63.4 Å². The van der Waals surface area contributed by atoms with Crippen molar-refractivity contribution in [1.82, 2.24) is 9.80 Å². The van der Waals surface area contributed by atoms with Crippen molar-refractivity contribution in [3.8, 4) is 5.75 Å². The van der Waals surface area contributed by atoms with Gasteiger partial charge < -0.3 is 14.5 Å². The Hall–Kier alpha value is -2.53. The summed E-state index contributed by atoms with van der Waals surface area (Å²) in [6.07, 6.45) is 2.24. The SMILES string of the molecule is COc1cccc(N2CCN(C(C(=O)N3CCCC3)c3ccccc3)CC2)c1. The lowest BCUT2D eigenvalue weighted by Gasteiger charge is -2.40. The first-order valence-electron chi connectivity index (χ1n) is 10.2. The van der Waals surface area contributed by atoms with Crippen LogP contribution in [-0.2, 0) is 4.79 Å². The van der Waals surface area contributed by atoms with Gasteiger partial charge in [0.05, 0.1) is 7.11 Å². The van der Waals surface area contributed by atoms with Gasteiger partial charge in [0.2, 0.25) is 5.91 Å². The zero-order chi connectivity index (χ0) is 19.3. The summed E-state index contributed by atoms with van der Waals surface area (Å²) in [5.74, 6) is 1.14. The molecule has 2 aliphatic rings. The van der Waals surface area contributed by atoms with Gasteiger partial charge in [-0.2, -0.15) is 0 Å². The number of rotatable bonds is 5. The van der Waals surface area contributed by atoms with Crippen molar-refractivity contribution in [3.63, 3.8) is 0 Å². The van der Waals surface area contributed by atoms with E-state index in [1.165, 1.54) is 5.69 Å². The van der Waals surface area contributed by atoms with Crippen LogP contribution >= 0.6 is 0 Å². The zero-order valence-electron chi connectivity index (χ0n) is 16.6. The smallest absolute Gasteiger partial charge is 0.244 e. The van der Waals surface area contributed by atoms with Crippen molar-refractivity contribution < 1.29 is 9.53 Å². The number of hydrogen-bond acceptors (Lipinski definition) is 4. The predicted octanol–water partition coefficient (Wildman–Crippen LogP) is 3.18. The van der Waals surface area contributed by atoms with Gasteiger partial charge in [0.25, 0.3) is 0 Å². The van der Waals surface area contributed by atoms with Gasteiger partial charge in [-0.05, 0) is 30.5 Å². The first-order valence-corrected chi connectivity index (χ1v) is 10.2. The van der Waals surface area contributed by atoms with Gasteiger partial charge in [0.15, 0.2) is 0 Å². The number of hydrogen-bond donors (Lipinski definition) is 0. The zero-order valence-corrected chi connectivity index (χ0v) is 16.6. The molecule has 2 aliphatic heterocycles. The molecule has 148 valence electrons. The molecule has 0 bridgehead atoms. The van der Waals surface area contributed by atoms with Crippen molar-refractivity contribution in [2.45, 2.75) is 18.9 Å². The molecule has 0 radical (unpaired) electrons. The van der Waals surface area contributed by atoms with E-state index in [2.05, 4.69) is 34.1 Å².